The van der Waals surface area contributed by atoms with Crippen LogP contribution in [-0.2, 0) is 6.42 Å². The van der Waals surface area contributed by atoms with Crippen LogP contribution in [0.25, 0.3) is 0 Å². The number of carbonyl (C=O) groups excluding carboxylic acids is 1. The summed E-state index contributed by atoms with van der Waals surface area (Å²) in [6, 6.07) is 12.9. The minimum Gasteiger partial charge on any atom is -0.314 e. The molecule has 134 valence electrons. The fraction of sp³-hybridized carbons (Fsp3) is 0.476. The molecule has 0 saturated heterocycles. The molecule has 1 saturated carbocycles. The number of hydrogen-bond acceptors (Lipinski definition) is 2. The Hall–Kier alpha value is -1.81. The summed E-state index contributed by atoms with van der Waals surface area (Å²) in [5.41, 5.74) is 2.16. The van der Waals surface area contributed by atoms with Crippen LogP contribution >= 0.6 is 11.3 Å². The molecule has 2 amide bonds. The van der Waals surface area contributed by atoms with Crippen molar-refractivity contribution >= 4 is 23.1 Å². The molecule has 1 aromatic carbocycles. The first-order valence-corrected chi connectivity index (χ1v) is 10.3. The highest BCUT2D eigenvalue weighted by Gasteiger charge is 2.30. The normalized spacial score (nSPS) is 16.4. The van der Waals surface area contributed by atoms with Crippen LogP contribution in [0.15, 0.2) is 41.8 Å². The van der Waals surface area contributed by atoms with E-state index in [1.165, 1.54) is 29.7 Å². The van der Waals surface area contributed by atoms with Crippen molar-refractivity contribution in [2.75, 3.05) is 5.32 Å². The molecular weight excluding hydrogens is 328 g/mol. The van der Waals surface area contributed by atoms with Crippen molar-refractivity contribution in [2.45, 2.75) is 64.5 Å². The Kier molecular flexibility index (Phi) is 6.14. The maximum Gasteiger partial charge on any atom is 0.322 e. The van der Waals surface area contributed by atoms with Crippen LogP contribution in [0.5, 0.6) is 0 Å². The fourth-order valence-electron chi connectivity index (χ4n) is 3.70. The zero-order valence-electron chi connectivity index (χ0n) is 15.2. The molecule has 0 aliphatic heterocycles. The zero-order chi connectivity index (χ0) is 17.6. The van der Waals surface area contributed by atoms with E-state index in [4.69, 9.17) is 0 Å². The van der Waals surface area contributed by atoms with Gasteiger partial charge in [-0.2, -0.15) is 0 Å². The quantitative estimate of drug-likeness (QED) is 0.676. The Morgan fingerprint density at radius 1 is 1.20 bits per heavy atom. The van der Waals surface area contributed by atoms with Crippen LogP contribution in [0, 0.1) is 0 Å². The molecule has 1 N–H and O–H groups in total. The van der Waals surface area contributed by atoms with Crippen molar-refractivity contribution in [2.24, 2.45) is 0 Å². The van der Waals surface area contributed by atoms with Crippen LogP contribution in [0.2, 0.25) is 0 Å². The molecule has 1 aliphatic carbocycles. The Morgan fingerprint density at radius 2 is 1.92 bits per heavy atom. The highest BCUT2D eigenvalue weighted by molar-refractivity contribution is 7.10. The van der Waals surface area contributed by atoms with Crippen molar-refractivity contribution in [3.63, 3.8) is 0 Å². The number of hydrogen-bond donors (Lipinski definition) is 1. The molecule has 4 heteroatoms. The number of urea groups is 1. The van der Waals surface area contributed by atoms with Gasteiger partial charge >= 0.3 is 6.03 Å². The molecule has 0 spiro atoms. The molecule has 25 heavy (non-hydrogen) atoms. The summed E-state index contributed by atoms with van der Waals surface area (Å²) < 4.78 is 0. The summed E-state index contributed by atoms with van der Waals surface area (Å²) in [6.45, 7) is 4.29. The molecule has 2 aromatic rings. The number of thiophene rings is 1. The van der Waals surface area contributed by atoms with Crippen molar-refractivity contribution in [1.29, 1.82) is 0 Å². The van der Waals surface area contributed by atoms with Crippen molar-refractivity contribution < 1.29 is 4.79 Å². The number of aryl methyl sites for hydroxylation is 1. The summed E-state index contributed by atoms with van der Waals surface area (Å²) in [6.07, 6.45) is 6.96. The molecule has 1 aliphatic rings. The van der Waals surface area contributed by atoms with Gasteiger partial charge in [0.15, 0.2) is 0 Å². The smallest absolute Gasteiger partial charge is 0.314 e. The summed E-state index contributed by atoms with van der Waals surface area (Å²) in [4.78, 5) is 16.5. The Bertz CT molecular complexity index is 660. The lowest BCUT2D eigenvalue weighted by molar-refractivity contribution is 0.140. The second-order valence-electron chi connectivity index (χ2n) is 6.87. The second-order valence-corrected chi connectivity index (χ2v) is 7.85. The average molecular weight is 357 g/mol. The standard InChI is InChI=1S/C21H28N2OS/c1-3-17-11-13-18(14-12-17)22-21(24)23(19-8-5-4-6-9-19)16(2)20-10-7-15-25-20/h7,10-16,19H,3-6,8-9H2,1-2H3,(H,22,24)/t16-/m0/s1. The molecular formula is C21H28N2OS. The number of nitrogens with zero attached hydrogens (tertiary/aromatic N) is 1. The van der Waals surface area contributed by atoms with E-state index in [-0.39, 0.29) is 12.1 Å². The molecule has 1 atom stereocenters. The van der Waals surface area contributed by atoms with Gasteiger partial charge in [0.2, 0.25) is 0 Å². The summed E-state index contributed by atoms with van der Waals surface area (Å²) in [5.74, 6) is 0. The number of anilines is 1. The minimum absolute atomic E-state index is 0.0250. The van der Waals surface area contributed by atoms with Crippen LogP contribution in [-0.4, -0.2) is 17.0 Å². The maximum atomic E-state index is 13.1. The molecule has 0 radical (unpaired) electrons. The van der Waals surface area contributed by atoms with Gasteiger partial charge < -0.3 is 10.2 Å². The largest absolute Gasteiger partial charge is 0.322 e. The average Bonchev–Trinajstić information content (AvgIpc) is 3.18. The van der Waals surface area contributed by atoms with Gasteiger partial charge in [-0.3, -0.25) is 0 Å². The van der Waals surface area contributed by atoms with Gasteiger partial charge in [0.1, 0.15) is 0 Å². The maximum absolute atomic E-state index is 13.1. The van der Waals surface area contributed by atoms with Crippen molar-refractivity contribution in [1.82, 2.24) is 4.90 Å². The SMILES string of the molecule is CCc1ccc(NC(=O)N(C2CCCCC2)[C@@H](C)c2cccs2)cc1. The number of benzene rings is 1. The molecule has 3 nitrogen and oxygen atoms in total. The predicted octanol–water partition coefficient (Wildman–Crippen LogP) is 6.24. The zero-order valence-corrected chi connectivity index (χ0v) is 16.0. The lowest BCUT2D eigenvalue weighted by atomic mass is 9.93. The Balaban J connectivity index is 1.78. The van der Waals surface area contributed by atoms with Crippen molar-refractivity contribution in [3.05, 3.63) is 52.2 Å². The number of carbonyl (C=O) groups is 1. The van der Waals surface area contributed by atoms with Crippen LogP contribution in [0.4, 0.5) is 10.5 Å². The van der Waals surface area contributed by atoms with Crippen LogP contribution < -0.4 is 5.32 Å². The number of nitrogens with one attached hydrogen (secondary N) is 1. The number of rotatable bonds is 5. The first kappa shape index (κ1) is 18.0. The molecule has 1 fully saturated rings. The third-order valence-corrected chi connectivity index (χ3v) is 6.23. The first-order valence-electron chi connectivity index (χ1n) is 9.40. The van der Waals surface area contributed by atoms with Gasteiger partial charge in [-0.05, 0) is 55.3 Å². The van der Waals surface area contributed by atoms with Gasteiger partial charge in [0.05, 0.1) is 6.04 Å². The molecule has 3 rings (SSSR count). The summed E-state index contributed by atoms with van der Waals surface area (Å²) in [7, 11) is 0. The second kappa shape index (κ2) is 8.52. The third-order valence-electron chi connectivity index (χ3n) is 5.19. The molecule has 1 aromatic heterocycles. The van der Waals surface area contributed by atoms with E-state index in [0.29, 0.717) is 6.04 Å². The van der Waals surface area contributed by atoms with E-state index in [1.54, 1.807) is 11.3 Å². The first-order chi connectivity index (χ1) is 12.2. The number of amides is 2. The topological polar surface area (TPSA) is 32.3 Å². The lowest BCUT2D eigenvalue weighted by Gasteiger charge is -2.38. The predicted molar refractivity (Wildman–Crippen MR) is 106 cm³/mol. The van der Waals surface area contributed by atoms with Crippen LogP contribution in [0.1, 0.15) is 62.4 Å². The molecule has 1 heterocycles. The van der Waals surface area contributed by atoms with Gasteiger partial charge in [-0.25, -0.2) is 4.79 Å². The van der Waals surface area contributed by atoms with Gasteiger partial charge in [-0.1, -0.05) is 44.4 Å². The Morgan fingerprint density at radius 3 is 2.52 bits per heavy atom. The van der Waals surface area contributed by atoms with E-state index in [9.17, 15) is 4.79 Å². The lowest BCUT2D eigenvalue weighted by Crippen LogP contribution is -2.45. The van der Waals surface area contributed by atoms with E-state index in [0.717, 1.165) is 24.9 Å². The summed E-state index contributed by atoms with van der Waals surface area (Å²) in [5, 5.41) is 5.21. The van der Waals surface area contributed by atoms with E-state index >= 15 is 0 Å². The monoisotopic (exact) mass is 356 g/mol. The highest BCUT2D eigenvalue weighted by atomic mass is 32.1. The molecule has 0 unspecified atom stereocenters. The van der Waals surface area contributed by atoms with E-state index in [2.05, 4.69) is 53.7 Å². The fourth-order valence-corrected chi connectivity index (χ4v) is 4.48. The van der Waals surface area contributed by atoms with Crippen molar-refractivity contribution in [3.8, 4) is 0 Å². The molecule has 0 bridgehead atoms. The van der Waals surface area contributed by atoms with Gasteiger partial charge in [-0.15, -0.1) is 11.3 Å². The highest BCUT2D eigenvalue weighted by Crippen LogP contribution is 2.32. The third kappa shape index (κ3) is 4.43. The minimum atomic E-state index is 0.0250. The van der Waals surface area contributed by atoms with E-state index < -0.39 is 0 Å². The Labute approximate surface area is 155 Å². The van der Waals surface area contributed by atoms with Crippen LogP contribution in [0.3, 0.4) is 0 Å². The summed E-state index contributed by atoms with van der Waals surface area (Å²) >= 11 is 1.73. The van der Waals surface area contributed by atoms with Gasteiger partial charge in [0.25, 0.3) is 0 Å². The van der Waals surface area contributed by atoms with Gasteiger partial charge in [0, 0.05) is 16.6 Å². The van der Waals surface area contributed by atoms with E-state index in [1.807, 2.05) is 12.1 Å².